The molecule has 1 fully saturated rings. The third-order valence-electron chi connectivity index (χ3n) is 5.72. The SMILES string of the molecule is Cc1nn(CCNC(=O)N2CCCC2c2ccc(CN(C)C)cc2)c(C)c1C. The van der Waals surface area contributed by atoms with Crippen LogP contribution in [0.4, 0.5) is 4.79 Å². The van der Waals surface area contributed by atoms with Crippen LogP contribution >= 0.6 is 0 Å². The van der Waals surface area contributed by atoms with E-state index in [1.165, 1.54) is 22.4 Å². The molecule has 1 unspecified atom stereocenters. The van der Waals surface area contributed by atoms with Crippen LogP contribution in [0, 0.1) is 20.8 Å². The van der Waals surface area contributed by atoms with E-state index >= 15 is 0 Å². The van der Waals surface area contributed by atoms with E-state index in [0.29, 0.717) is 13.1 Å². The molecular weight excluding hydrogens is 350 g/mol. The second kappa shape index (κ2) is 8.78. The van der Waals surface area contributed by atoms with Gasteiger partial charge in [0.1, 0.15) is 0 Å². The standard InChI is InChI=1S/C22H33N5O/c1-16-17(2)24-27(18(16)3)14-12-23-22(28)26-13-6-7-21(26)20-10-8-19(9-11-20)15-25(4)5/h8-11,21H,6-7,12-15H2,1-5H3,(H,23,28). The van der Waals surface area contributed by atoms with Gasteiger partial charge in [-0.1, -0.05) is 24.3 Å². The number of likely N-dealkylation sites (tertiary alicyclic amines) is 1. The summed E-state index contributed by atoms with van der Waals surface area (Å²) in [6.07, 6.45) is 2.07. The summed E-state index contributed by atoms with van der Waals surface area (Å²) in [4.78, 5) is 16.9. The molecule has 1 aliphatic heterocycles. The predicted molar refractivity (Wildman–Crippen MR) is 112 cm³/mol. The molecule has 2 amide bonds. The van der Waals surface area contributed by atoms with Gasteiger partial charge < -0.3 is 15.1 Å². The molecule has 1 saturated heterocycles. The van der Waals surface area contributed by atoms with Gasteiger partial charge in [-0.2, -0.15) is 5.10 Å². The lowest BCUT2D eigenvalue weighted by molar-refractivity contribution is 0.192. The predicted octanol–water partition coefficient (Wildman–Crippen LogP) is 3.42. The van der Waals surface area contributed by atoms with E-state index in [4.69, 9.17) is 0 Å². The van der Waals surface area contributed by atoms with Crippen LogP contribution < -0.4 is 5.32 Å². The van der Waals surface area contributed by atoms with Crippen molar-refractivity contribution in [3.8, 4) is 0 Å². The van der Waals surface area contributed by atoms with Crippen LogP contribution in [-0.2, 0) is 13.1 Å². The van der Waals surface area contributed by atoms with E-state index in [9.17, 15) is 4.79 Å². The Balaban J connectivity index is 1.57. The number of rotatable bonds is 6. The summed E-state index contributed by atoms with van der Waals surface area (Å²) < 4.78 is 1.98. The second-order valence-corrected chi connectivity index (χ2v) is 8.08. The molecule has 1 aromatic heterocycles. The number of benzene rings is 1. The molecule has 0 saturated carbocycles. The number of carbonyl (C=O) groups excluding carboxylic acids is 1. The van der Waals surface area contributed by atoms with Gasteiger partial charge >= 0.3 is 6.03 Å². The smallest absolute Gasteiger partial charge is 0.317 e. The van der Waals surface area contributed by atoms with Crippen molar-refractivity contribution >= 4 is 6.03 Å². The first-order chi connectivity index (χ1) is 13.4. The minimum absolute atomic E-state index is 0.0260. The van der Waals surface area contributed by atoms with Crippen LogP contribution in [0.5, 0.6) is 0 Å². The van der Waals surface area contributed by atoms with Crippen LogP contribution in [0.1, 0.15) is 47.0 Å². The highest BCUT2D eigenvalue weighted by molar-refractivity contribution is 5.75. The van der Waals surface area contributed by atoms with Gasteiger partial charge in [0.15, 0.2) is 0 Å². The fraction of sp³-hybridized carbons (Fsp3) is 0.545. The van der Waals surface area contributed by atoms with Gasteiger partial charge in [-0.3, -0.25) is 4.68 Å². The van der Waals surface area contributed by atoms with E-state index < -0.39 is 0 Å². The van der Waals surface area contributed by atoms with Crippen LogP contribution in [0.2, 0.25) is 0 Å². The summed E-state index contributed by atoms with van der Waals surface area (Å²) in [7, 11) is 4.15. The number of nitrogens with zero attached hydrogens (tertiary/aromatic N) is 4. The Morgan fingerprint density at radius 3 is 2.54 bits per heavy atom. The lowest BCUT2D eigenvalue weighted by atomic mass is 10.0. The van der Waals surface area contributed by atoms with Crippen molar-refractivity contribution in [1.29, 1.82) is 0 Å². The van der Waals surface area contributed by atoms with Gasteiger partial charge in [0.05, 0.1) is 18.3 Å². The maximum atomic E-state index is 12.8. The van der Waals surface area contributed by atoms with E-state index in [1.807, 2.05) is 16.5 Å². The third kappa shape index (κ3) is 4.55. The van der Waals surface area contributed by atoms with Gasteiger partial charge in [-0.05, 0) is 64.4 Å². The number of urea groups is 1. The molecule has 6 heteroatoms. The van der Waals surface area contributed by atoms with E-state index in [2.05, 4.69) is 67.5 Å². The summed E-state index contributed by atoms with van der Waals surface area (Å²) in [5.74, 6) is 0. The number of hydrogen-bond donors (Lipinski definition) is 1. The quantitative estimate of drug-likeness (QED) is 0.832. The molecular formula is C22H33N5O. The zero-order valence-electron chi connectivity index (χ0n) is 17.8. The molecule has 28 heavy (non-hydrogen) atoms. The average molecular weight is 384 g/mol. The second-order valence-electron chi connectivity index (χ2n) is 8.08. The number of amides is 2. The molecule has 152 valence electrons. The van der Waals surface area contributed by atoms with Crippen LogP contribution in [0.25, 0.3) is 0 Å². The lowest BCUT2D eigenvalue weighted by Crippen LogP contribution is -2.40. The highest BCUT2D eigenvalue weighted by Crippen LogP contribution is 2.32. The van der Waals surface area contributed by atoms with Crippen molar-refractivity contribution in [3.05, 3.63) is 52.3 Å². The Morgan fingerprint density at radius 1 is 1.21 bits per heavy atom. The van der Waals surface area contributed by atoms with Crippen molar-refractivity contribution < 1.29 is 4.79 Å². The molecule has 6 nitrogen and oxygen atoms in total. The summed E-state index contributed by atoms with van der Waals surface area (Å²) in [5, 5.41) is 7.63. The fourth-order valence-electron chi connectivity index (χ4n) is 3.94. The number of carbonyl (C=O) groups is 1. The van der Waals surface area contributed by atoms with Crippen LogP contribution in [0.15, 0.2) is 24.3 Å². The molecule has 2 heterocycles. The highest BCUT2D eigenvalue weighted by Gasteiger charge is 2.29. The number of hydrogen-bond acceptors (Lipinski definition) is 3. The zero-order chi connectivity index (χ0) is 20.3. The first-order valence-corrected chi connectivity index (χ1v) is 10.2. The largest absolute Gasteiger partial charge is 0.336 e. The summed E-state index contributed by atoms with van der Waals surface area (Å²) in [6, 6.07) is 8.90. The zero-order valence-corrected chi connectivity index (χ0v) is 17.8. The maximum Gasteiger partial charge on any atom is 0.317 e. The summed E-state index contributed by atoms with van der Waals surface area (Å²) >= 11 is 0. The van der Waals surface area contributed by atoms with Gasteiger partial charge in [0, 0.05) is 25.3 Å². The molecule has 1 aromatic carbocycles. The monoisotopic (exact) mass is 383 g/mol. The molecule has 0 radical (unpaired) electrons. The molecule has 1 aliphatic rings. The van der Waals surface area contributed by atoms with Gasteiger partial charge in [0.25, 0.3) is 0 Å². The van der Waals surface area contributed by atoms with E-state index in [-0.39, 0.29) is 12.1 Å². The number of nitrogens with one attached hydrogen (secondary N) is 1. The Morgan fingerprint density at radius 2 is 1.93 bits per heavy atom. The minimum Gasteiger partial charge on any atom is -0.336 e. The third-order valence-corrected chi connectivity index (χ3v) is 5.72. The lowest BCUT2D eigenvalue weighted by Gasteiger charge is -2.25. The molecule has 0 spiro atoms. The Hall–Kier alpha value is -2.34. The van der Waals surface area contributed by atoms with Crippen LogP contribution in [0.3, 0.4) is 0 Å². The number of aromatic nitrogens is 2. The molecule has 1 atom stereocenters. The minimum atomic E-state index is 0.0260. The highest BCUT2D eigenvalue weighted by atomic mass is 16.2. The Labute approximate surface area is 168 Å². The molecule has 2 aromatic rings. The van der Waals surface area contributed by atoms with E-state index in [1.54, 1.807) is 0 Å². The maximum absolute atomic E-state index is 12.8. The van der Waals surface area contributed by atoms with Crippen LogP contribution in [-0.4, -0.2) is 52.8 Å². The Kier molecular flexibility index (Phi) is 6.39. The molecule has 1 N–H and O–H groups in total. The molecule has 0 aliphatic carbocycles. The van der Waals surface area contributed by atoms with Gasteiger partial charge in [-0.25, -0.2) is 4.79 Å². The average Bonchev–Trinajstić information content (AvgIpc) is 3.23. The van der Waals surface area contributed by atoms with Crippen molar-refractivity contribution in [2.45, 2.75) is 52.7 Å². The van der Waals surface area contributed by atoms with E-state index in [0.717, 1.165) is 31.6 Å². The van der Waals surface area contributed by atoms with Gasteiger partial charge in [-0.15, -0.1) is 0 Å². The first kappa shape index (κ1) is 20.4. The van der Waals surface area contributed by atoms with Crippen molar-refractivity contribution in [3.63, 3.8) is 0 Å². The molecule has 0 bridgehead atoms. The number of aryl methyl sites for hydroxylation is 1. The van der Waals surface area contributed by atoms with Crippen molar-refractivity contribution in [1.82, 2.24) is 24.9 Å². The topological polar surface area (TPSA) is 53.4 Å². The summed E-state index contributed by atoms with van der Waals surface area (Å²) in [5.41, 5.74) is 5.97. The first-order valence-electron chi connectivity index (χ1n) is 10.2. The fourth-order valence-corrected chi connectivity index (χ4v) is 3.94. The van der Waals surface area contributed by atoms with Crippen molar-refractivity contribution in [2.24, 2.45) is 0 Å². The Bertz CT molecular complexity index is 809. The molecule has 3 rings (SSSR count). The summed E-state index contributed by atoms with van der Waals surface area (Å²) in [6.45, 7) is 9.22. The normalized spacial score (nSPS) is 16.8. The van der Waals surface area contributed by atoms with Crippen molar-refractivity contribution in [2.75, 3.05) is 27.2 Å². The van der Waals surface area contributed by atoms with Gasteiger partial charge in [0.2, 0.25) is 0 Å².